The van der Waals surface area contributed by atoms with Crippen LogP contribution in [-0.2, 0) is 16.9 Å². The van der Waals surface area contributed by atoms with Crippen LogP contribution in [0.1, 0.15) is 34.8 Å². The highest BCUT2D eigenvalue weighted by Crippen LogP contribution is 2.47. The lowest BCUT2D eigenvalue weighted by atomic mass is 10.0. The molecule has 2 heterocycles. The molecule has 2 unspecified atom stereocenters. The van der Waals surface area contributed by atoms with Gasteiger partial charge in [0.05, 0.1) is 30.4 Å². The number of aromatic nitrogens is 2. The molecule has 2 amide bonds. The molecule has 36 heavy (non-hydrogen) atoms. The van der Waals surface area contributed by atoms with Gasteiger partial charge in [-0.15, -0.1) is 0 Å². The third-order valence-corrected chi connectivity index (χ3v) is 7.03. The summed E-state index contributed by atoms with van der Waals surface area (Å²) in [6.45, 7) is 1.87. The number of nitrogens with two attached hydrogens (primary N) is 1. The van der Waals surface area contributed by atoms with Crippen LogP contribution in [0.25, 0.3) is 11.3 Å². The SMILES string of the molecule is COc1cc(F)cc(C2(NC(=O)[C@@H](C)N3Cc4ccc(-c5nc(N)ncc5Cl)cc4C3=O)CC2[OH2+])c1. The number of benzene rings is 2. The highest BCUT2D eigenvalue weighted by molar-refractivity contribution is 6.33. The molecule has 1 aromatic heterocycles. The molecule has 3 aromatic rings. The van der Waals surface area contributed by atoms with Gasteiger partial charge in [0.1, 0.15) is 23.1 Å². The first kappa shape index (κ1) is 24.0. The third-order valence-electron chi connectivity index (χ3n) is 6.75. The fourth-order valence-corrected chi connectivity index (χ4v) is 4.76. The number of amides is 2. The van der Waals surface area contributed by atoms with Gasteiger partial charge < -0.3 is 25.8 Å². The molecule has 3 atom stereocenters. The molecule has 5 rings (SSSR count). The molecule has 1 aliphatic heterocycles. The zero-order valence-electron chi connectivity index (χ0n) is 19.5. The number of rotatable bonds is 6. The van der Waals surface area contributed by atoms with Crippen molar-refractivity contribution in [3.8, 4) is 17.0 Å². The van der Waals surface area contributed by atoms with E-state index in [2.05, 4.69) is 15.3 Å². The summed E-state index contributed by atoms with van der Waals surface area (Å²) in [5.41, 5.74) is 7.33. The van der Waals surface area contributed by atoms with Gasteiger partial charge in [-0.3, -0.25) is 9.59 Å². The zero-order chi connectivity index (χ0) is 25.8. The highest BCUT2D eigenvalue weighted by atomic mass is 35.5. The average molecular weight is 513 g/mol. The lowest BCUT2D eigenvalue weighted by Crippen LogP contribution is -2.49. The Kier molecular flexibility index (Phi) is 5.80. The van der Waals surface area contributed by atoms with Gasteiger partial charge in [0.25, 0.3) is 5.91 Å². The number of halogens is 2. The summed E-state index contributed by atoms with van der Waals surface area (Å²) < 4.78 is 19.3. The zero-order valence-corrected chi connectivity index (χ0v) is 20.3. The van der Waals surface area contributed by atoms with E-state index < -0.39 is 29.4 Å². The van der Waals surface area contributed by atoms with E-state index in [9.17, 15) is 14.0 Å². The van der Waals surface area contributed by atoms with Gasteiger partial charge in [0, 0.05) is 23.7 Å². The second-order valence-corrected chi connectivity index (χ2v) is 9.41. The van der Waals surface area contributed by atoms with Crippen LogP contribution >= 0.6 is 11.6 Å². The number of ether oxygens (including phenoxy) is 1. The van der Waals surface area contributed by atoms with Crippen LogP contribution in [0.3, 0.4) is 0 Å². The molecule has 0 spiro atoms. The summed E-state index contributed by atoms with van der Waals surface area (Å²) in [4.78, 5) is 36.0. The first-order valence-electron chi connectivity index (χ1n) is 11.2. The molecule has 0 radical (unpaired) electrons. The molecule has 2 aliphatic rings. The van der Waals surface area contributed by atoms with E-state index in [-0.39, 0.29) is 18.4 Å². The van der Waals surface area contributed by atoms with Gasteiger partial charge in [-0.05, 0) is 36.2 Å². The van der Waals surface area contributed by atoms with Crippen LogP contribution in [0, 0.1) is 5.82 Å². The van der Waals surface area contributed by atoms with Crippen molar-refractivity contribution < 1.29 is 23.8 Å². The average Bonchev–Trinajstić information content (AvgIpc) is 3.40. The van der Waals surface area contributed by atoms with Crippen molar-refractivity contribution in [2.24, 2.45) is 0 Å². The fourth-order valence-electron chi connectivity index (χ4n) is 4.56. The van der Waals surface area contributed by atoms with E-state index in [1.165, 1.54) is 30.3 Å². The predicted molar refractivity (Wildman–Crippen MR) is 131 cm³/mol. The lowest BCUT2D eigenvalue weighted by Gasteiger charge is -2.26. The van der Waals surface area contributed by atoms with Gasteiger partial charge in [0.15, 0.2) is 6.10 Å². The minimum absolute atomic E-state index is 0.0609. The van der Waals surface area contributed by atoms with E-state index >= 15 is 0 Å². The first-order chi connectivity index (χ1) is 17.1. The van der Waals surface area contributed by atoms with Crippen molar-refractivity contribution in [3.63, 3.8) is 0 Å². The van der Waals surface area contributed by atoms with E-state index in [4.69, 9.17) is 27.2 Å². The molecule has 1 saturated carbocycles. The fraction of sp³-hybridized carbons (Fsp3) is 0.280. The minimum Gasteiger partial charge on any atom is -0.497 e. The number of fused-ring (bicyclic) bond motifs is 1. The van der Waals surface area contributed by atoms with Gasteiger partial charge in [0.2, 0.25) is 11.9 Å². The number of nitrogens with one attached hydrogen (secondary N) is 1. The number of nitrogen functional groups attached to an aromatic ring is 1. The molecule has 5 N–H and O–H groups in total. The normalized spacial score (nSPS) is 21.2. The second-order valence-electron chi connectivity index (χ2n) is 9.00. The molecule has 0 bridgehead atoms. The summed E-state index contributed by atoms with van der Waals surface area (Å²) in [6.07, 6.45) is 1.09. The van der Waals surface area contributed by atoms with Crippen molar-refractivity contribution in [2.45, 2.75) is 37.6 Å². The molecule has 2 aromatic carbocycles. The molecular weight excluding hydrogens is 489 g/mol. The first-order valence-corrected chi connectivity index (χ1v) is 11.6. The Morgan fingerprint density at radius 1 is 1.36 bits per heavy atom. The van der Waals surface area contributed by atoms with Crippen LogP contribution in [0.15, 0.2) is 42.6 Å². The van der Waals surface area contributed by atoms with Crippen LogP contribution in [0.4, 0.5) is 10.3 Å². The molecule has 9 nitrogen and oxygen atoms in total. The summed E-state index contributed by atoms with van der Waals surface area (Å²) in [5, 5.41) is 11.5. The van der Waals surface area contributed by atoms with Crippen molar-refractivity contribution in [1.82, 2.24) is 20.2 Å². The van der Waals surface area contributed by atoms with E-state index in [0.29, 0.717) is 39.6 Å². The molecule has 0 saturated heterocycles. The number of hydrogen-bond donors (Lipinski definition) is 2. The van der Waals surface area contributed by atoms with E-state index in [1.807, 2.05) is 0 Å². The number of hydrogen-bond acceptors (Lipinski definition) is 6. The second kappa shape index (κ2) is 8.72. The topological polar surface area (TPSA) is 133 Å². The van der Waals surface area contributed by atoms with Crippen LogP contribution in [0.2, 0.25) is 5.02 Å². The quantitative estimate of drug-likeness (QED) is 0.487. The number of anilines is 1. The number of carbonyl (C=O) groups excluding carboxylic acids is 2. The molecule has 186 valence electrons. The van der Waals surface area contributed by atoms with E-state index in [1.54, 1.807) is 31.2 Å². The summed E-state index contributed by atoms with van der Waals surface area (Å²) in [5.74, 6) is -0.895. The standard InChI is InChI=1S/C25H23ClFN5O4/c1-12(22(34)31-25(9-20(25)33)15-6-16(27)8-17(7-15)36-2)32-11-14-4-3-13(5-18(14)23(32)35)21-19(26)10-29-24(28)30-21/h3-8,10,12,20,33H,9,11H2,1-2H3,(H,31,34)(H2,28,29,30)/p+1/t12-,20?,25?/m1/s1. The maximum absolute atomic E-state index is 14.1. The Bertz CT molecular complexity index is 1400. The van der Waals surface area contributed by atoms with Crippen molar-refractivity contribution in [1.29, 1.82) is 0 Å². The number of carbonyl (C=O) groups is 2. The van der Waals surface area contributed by atoms with Crippen LogP contribution < -0.4 is 15.8 Å². The monoisotopic (exact) mass is 512 g/mol. The lowest BCUT2D eigenvalue weighted by molar-refractivity contribution is -0.126. The number of methoxy groups -OCH3 is 1. The highest BCUT2D eigenvalue weighted by Gasteiger charge is 2.61. The van der Waals surface area contributed by atoms with Crippen LogP contribution in [-0.4, -0.2) is 51.0 Å². The van der Waals surface area contributed by atoms with Crippen molar-refractivity contribution >= 4 is 29.4 Å². The molecule has 1 fully saturated rings. The van der Waals surface area contributed by atoms with Crippen molar-refractivity contribution in [3.05, 3.63) is 70.1 Å². The smallest absolute Gasteiger partial charge is 0.255 e. The summed E-state index contributed by atoms with van der Waals surface area (Å²) in [7, 11) is 1.42. The Labute approximate surface area is 211 Å². The van der Waals surface area contributed by atoms with Gasteiger partial charge in [-0.25, -0.2) is 14.4 Å². The minimum atomic E-state index is -1.03. The molecule has 11 heteroatoms. The molecular formula is C25H24ClFN5O4+. The van der Waals surface area contributed by atoms with Crippen LogP contribution in [0.5, 0.6) is 5.75 Å². The largest absolute Gasteiger partial charge is 0.497 e. The number of nitrogens with zero attached hydrogens (tertiary/aromatic N) is 3. The maximum atomic E-state index is 14.1. The van der Waals surface area contributed by atoms with E-state index in [0.717, 1.165) is 5.56 Å². The maximum Gasteiger partial charge on any atom is 0.255 e. The Morgan fingerprint density at radius 2 is 2.11 bits per heavy atom. The Morgan fingerprint density at radius 3 is 2.81 bits per heavy atom. The van der Waals surface area contributed by atoms with Gasteiger partial charge in [-0.2, -0.15) is 0 Å². The Hall–Kier alpha value is -3.76. The van der Waals surface area contributed by atoms with Crippen molar-refractivity contribution in [2.75, 3.05) is 12.8 Å². The Balaban J connectivity index is 1.36. The summed E-state index contributed by atoms with van der Waals surface area (Å²) in [6, 6.07) is 8.58. The third kappa shape index (κ3) is 4.02. The summed E-state index contributed by atoms with van der Waals surface area (Å²) >= 11 is 6.22. The van der Waals surface area contributed by atoms with Gasteiger partial charge >= 0.3 is 0 Å². The van der Waals surface area contributed by atoms with Gasteiger partial charge in [-0.1, -0.05) is 23.7 Å². The molecule has 1 aliphatic carbocycles. The predicted octanol–water partition coefficient (Wildman–Crippen LogP) is 2.38.